The number of hydrogen-bond donors (Lipinski definition) is 0. The predicted molar refractivity (Wildman–Crippen MR) is 45.4 cm³/mol. The molecule has 0 N–H and O–H groups in total. The number of allylic oxidation sites excluding steroid dienone is 1. The van der Waals surface area contributed by atoms with E-state index in [0.29, 0.717) is 0 Å². The SMILES string of the molecule is COC12CC1C(C)CC=C2C. The highest BCUT2D eigenvalue weighted by molar-refractivity contribution is 5.31. The smallest absolute Gasteiger partial charge is 0.0920 e. The van der Waals surface area contributed by atoms with Crippen molar-refractivity contribution in [2.24, 2.45) is 11.8 Å². The molecule has 2 rings (SSSR count). The van der Waals surface area contributed by atoms with Crippen LogP contribution in [-0.2, 0) is 4.74 Å². The maximum atomic E-state index is 5.57. The molecular formula is C10H16O. The standard InChI is InChI=1S/C10H16O/c1-7-4-5-8(2)10(11-3)6-9(7)10/h5,7,9H,4,6H2,1-3H3. The van der Waals surface area contributed by atoms with Crippen LogP contribution in [0.3, 0.4) is 0 Å². The third-order valence-corrected chi connectivity index (χ3v) is 3.48. The van der Waals surface area contributed by atoms with Gasteiger partial charge in [-0.15, -0.1) is 0 Å². The average Bonchev–Trinajstić information content (AvgIpc) is 2.74. The Labute approximate surface area is 68.4 Å². The molecule has 0 aliphatic heterocycles. The molecule has 0 aromatic carbocycles. The van der Waals surface area contributed by atoms with E-state index in [1.54, 1.807) is 0 Å². The summed E-state index contributed by atoms with van der Waals surface area (Å²) in [5.41, 5.74) is 1.64. The molecule has 3 atom stereocenters. The van der Waals surface area contributed by atoms with Crippen molar-refractivity contribution in [1.82, 2.24) is 0 Å². The quantitative estimate of drug-likeness (QED) is 0.524. The first-order valence-corrected chi connectivity index (χ1v) is 4.43. The Morgan fingerprint density at radius 1 is 1.64 bits per heavy atom. The van der Waals surface area contributed by atoms with Crippen molar-refractivity contribution in [2.75, 3.05) is 7.11 Å². The summed E-state index contributed by atoms with van der Waals surface area (Å²) in [5, 5.41) is 0. The Kier molecular flexibility index (Phi) is 1.40. The molecule has 0 heterocycles. The van der Waals surface area contributed by atoms with E-state index in [1.807, 2.05) is 7.11 Å². The summed E-state index contributed by atoms with van der Waals surface area (Å²) >= 11 is 0. The van der Waals surface area contributed by atoms with Gasteiger partial charge in [0.2, 0.25) is 0 Å². The summed E-state index contributed by atoms with van der Waals surface area (Å²) < 4.78 is 5.57. The Bertz CT molecular complexity index is 207. The Morgan fingerprint density at radius 2 is 2.36 bits per heavy atom. The molecule has 0 bridgehead atoms. The fourth-order valence-electron chi connectivity index (χ4n) is 2.48. The van der Waals surface area contributed by atoms with Gasteiger partial charge in [-0.1, -0.05) is 13.0 Å². The van der Waals surface area contributed by atoms with Gasteiger partial charge in [-0.2, -0.15) is 0 Å². The molecular weight excluding hydrogens is 136 g/mol. The van der Waals surface area contributed by atoms with Gasteiger partial charge in [0.05, 0.1) is 5.60 Å². The highest BCUT2D eigenvalue weighted by atomic mass is 16.5. The van der Waals surface area contributed by atoms with Crippen LogP contribution in [-0.4, -0.2) is 12.7 Å². The monoisotopic (exact) mass is 152 g/mol. The van der Waals surface area contributed by atoms with Crippen LogP contribution in [0.5, 0.6) is 0 Å². The zero-order valence-electron chi connectivity index (χ0n) is 7.55. The van der Waals surface area contributed by atoms with Gasteiger partial charge in [-0.05, 0) is 37.2 Å². The lowest BCUT2D eigenvalue weighted by molar-refractivity contribution is 0.0823. The van der Waals surface area contributed by atoms with Crippen LogP contribution < -0.4 is 0 Å². The molecule has 0 saturated heterocycles. The first kappa shape index (κ1) is 7.35. The molecule has 2 aliphatic rings. The van der Waals surface area contributed by atoms with Crippen molar-refractivity contribution in [3.63, 3.8) is 0 Å². The van der Waals surface area contributed by atoms with E-state index in [0.717, 1.165) is 11.8 Å². The molecule has 0 spiro atoms. The first-order chi connectivity index (χ1) is 5.20. The summed E-state index contributed by atoms with van der Waals surface area (Å²) in [6.07, 6.45) is 4.85. The molecule has 62 valence electrons. The molecule has 2 aliphatic carbocycles. The van der Waals surface area contributed by atoms with E-state index in [-0.39, 0.29) is 5.60 Å². The highest BCUT2D eigenvalue weighted by Gasteiger charge is 2.59. The van der Waals surface area contributed by atoms with Gasteiger partial charge in [-0.25, -0.2) is 0 Å². The van der Waals surface area contributed by atoms with E-state index in [1.165, 1.54) is 18.4 Å². The van der Waals surface area contributed by atoms with Gasteiger partial charge in [0.15, 0.2) is 0 Å². The Morgan fingerprint density at radius 3 is 2.91 bits per heavy atom. The first-order valence-electron chi connectivity index (χ1n) is 4.43. The second-order valence-corrected chi connectivity index (χ2v) is 4.00. The average molecular weight is 152 g/mol. The maximum absolute atomic E-state index is 5.57. The minimum Gasteiger partial charge on any atom is -0.374 e. The molecule has 3 unspecified atom stereocenters. The topological polar surface area (TPSA) is 9.23 Å². The number of ether oxygens (including phenoxy) is 1. The lowest BCUT2D eigenvalue weighted by atomic mass is 9.89. The van der Waals surface area contributed by atoms with E-state index in [2.05, 4.69) is 19.9 Å². The molecule has 1 nitrogen and oxygen atoms in total. The van der Waals surface area contributed by atoms with E-state index < -0.39 is 0 Å². The lowest BCUT2D eigenvalue weighted by Gasteiger charge is -2.24. The van der Waals surface area contributed by atoms with Crippen molar-refractivity contribution in [3.05, 3.63) is 11.6 Å². The van der Waals surface area contributed by atoms with Crippen molar-refractivity contribution in [1.29, 1.82) is 0 Å². The second kappa shape index (κ2) is 2.10. The Hall–Kier alpha value is -0.300. The third-order valence-electron chi connectivity index (χ3n) is 3.48. The zero-order chi connectivity index (χ0) is 8.06. The number of hydrogen-bond acceptors (Lipinski definition) is 1. The number of methoxy groups -OCH3 is 1. The second-order valence-electron chi connectivity index (χ2n) is 4.00. The number of rotatable bonds is 1. The van der Waals surface area contributed by atoms with Gasteiger partial charge in [0.25, 0.3) is 0 Å². The van der Waals surface area contributed by atoms with Crippen molar-refractivity contribution < 1.29 is 4.74 Å². The van der Waals surface area contributed by atoms with Gasteiger partial charge >= 0.3 is 0 Å². The van der Waals surface area contributed by atoms with Gasteiger partial charge in [-0.3, -0.25) is 0 Å². The number of fused-ring (bicyclic) bond motifs is 1. The maximum Gasteiger partial charge on any atom is 0.0920 e. The normalized spacial score (nSPS) is 48.1. The van der Waals surface area contributed by atoms with Crippen molar-refractivity contribution in [2.45, 2.75) is 32.3 Å². The molecule has 1 fully saturated rings. The molecule has 11 heavy (non-hydrogen) atoms. The van der Waals surface area contributed by atoms with Crippen LogP contribution in [0.4, 0.5) is 0 Å². The van der Waals surface area contributed by atoms with Crippen molar-refractivity contribution in [3.8, 4) is 0 Å². The summed E-state index contributed by atoms with van der Waals surface area (Å²) in [4.78, 5) is 0. The summed E-state index contributed by atoms with van der Waals surface area (Å²) in [7, 11) is 1.84. The van der Waals surface area contributed by atoms with Crippen LogP contribution in [0.25, 0.3) is 0 Å². The van der Waals surface area contributed by atoms with Crippen LogP contribution in [0.2, 0.25) is 0 Å². The fourth-order valence-corrected chi connectivity index (χ4v) is 2.48. The van der Waals surface area contributed by atoms with Crippen LogP contribution >= 0.6 is 0 Å². The molecule has 0 aromatic heterocycles. The zero-order valence-corrected chi connectivity index (χ0v) is 7.55. The fraction of sp³-hybridized carbons (Fsp3) is 0.800. The Balaban J connectivity index is 2.26. The molecule has 0 amide bonds. The van der Waals surface area contributed by atoms with E-state index >= 15 is 0 Å². The molecule has 0 radical (unpaired) electrons. The highest BCUT2D eigenvalue weighted by Crippen LogP contribution is 2.58. The van der Waals surface area contributed by atoms with Crippen LogP contribution in [0.1, 0.15) is 26.7 Å². The van der Waals surface area contributed by atoms with E-state index in [4.69, 9.17) is 4.74 Å². The lowest BCUT2D eigenvalue weighted by Crippen LogP contribution is -2.23. The van der Waals surface area contributed by atoms with Gasteiger partial charge in [0, 0.05) is 7.11 Å². The summed E-state index contributed by atoms with van der Waals surface area (Å²) in [6, 6.07) is 0. The van der Waals surface area contributed by atoms with E-state index in [9.17, 15) is 0 Å². The molecule has 1 saturated carbocycles. The summed E-state index contributed by atoms with van der Waals surface area (Å²) in [6.45, 7) is 4.53. The third kappa shape index (κ3) is 0.807. The van der Waals surface area contributed by atoms with Crippen LogP contribution in [0.15, 0.2) is 11.6 Å². The summed E-state index contributed by atoms with van der Waals surface area (Å²) in [5.74, 6) is 1.65. The largest absolute Gasteiger partial charge is 0.374 e. The minimum atomic E-state index is 0.178. The van der Waals surface area contributed by atoms with Crippen molar-refractivity contribution >= 4 is 0 Å². The minimum absolute atomic E-state index is 0.178. The predicted octanol–water partition coefficient (Wildman–Crippen LogP) is 2.38. The van der Waals surface area contributed by atoms with Gasteiger partial charge in [0.1, 0.15) is 0 Å². The van der Waals surface area contributed by atoms with Gasteiger partial charge < -0.3 is 4.74 Å². The van der Waals surface area contributed by atoms with Crippen LogP contribution in [0, 0.1) is 11.8 Å². The molecule has 0 aromatic rings. The molecule has 1 heteroatoms.